The first-order valence-corrected chi connectivity index (χ1v) is 6.04. The molecular formula is C14H15N3O. The van der Waals surface area contributed by atoms with Gasteiger partial charge in [-0.05, 0) is 30.7 Å². The molecule has 0 saturated carbocycles. The molecule has 4 N–H and O–H groups in total. The maximum Gasteiger partial charge on any atom is 0.231 e. The van der Waals surface area contributed by atoms with E-state index in [1.807, 2.05) is 42.6 Å². The van der Waals surface area contributed by atoms with Crippen molar-refractivity contribution in [1.82, 2.24) is 4.98 Å². The number of hydrogen-bond donors (Lipinski definition) is 3. The molecule has 18 heavy (non-hydrogen) atoms. The summed E-state index contributed by atoms with van der Waals surface area (Å²) in [5.41, 5.74) is 7.63. The first kappa shape index (κ1) is 11.0. The molecule has 2 aromatic rings. The number of amides is 1. The van der Waals surface area contributed by atoms with Crippen LogP contribution in [0.3, 0.4) is 0 Å². The third-order valence-electron chi connectivity index (χ3n) is 3.27. The monoisotopic (exact) mass is 241 g/mol. The number of nitrogens with one attached hydrogen (secondary N) is 2. The van der Waals surface area contributed by atoms with Crippen LogP contribution in [-0.2, 0) is 4.79 Å². The number of rotatable bonds is 2. The summed E-state index contributed by atoms with van der Waals surface area (Å²) in [5.74, 6) is -0.101. The molecule has 1 aromatic carbocycles. The van der Waals surface area contributed by atoms with Gasteiger partial charge in [-0.3, -0.25) is 4.79 Å². The molecule has 92 valence electrons. The lowest BCUT2D eigenvalue weighted by Gasteiger charge is -2.10. The molecule has 0 fully saturated rings. The number of aromatic nitrogens is 1. The van der Waals surface area contributed by atoms with Gasteiger partial charge in [0.05, 0.1) is 5.92 Å². The Labute approximate surface area is 105 Å². The van der Waals surface area contributed by atoms with Gasteiger partial charge in [0.25, 0.3) is 0 Å². The van der Waals surface area contributed by atoms with Gasteiger partial charge in [0.1, 0.15) is 0 Å². The molecule has 0 spiro atoms. The van der Waals surface area contributed by atoms with Crippen molar-refractivity contribution >= 4 is 22.5 Å². The zero-order valence-corrected chi connectivity index (χ0v) is 9.89. The quantitative estimate of drug-likeness (QED) is 0.704. The minimum Gasteiger partial charge on any atom is -0.361 e. The summed E-state index contributed by atoms with van der Waals surface area (Å²) in [6.07, 6.45) is 6.35. The highest BCUT2D eigenvalue weighted by Crippen LogP contribution is 2.21. The van der Waals surface area contributed by atoms with Gasteiger partial charge >= 0.3 is 0 Å². The van der Waals surface area contributed by atoms with E-state index in [0.29, 0.717) is 6.42 Å². The van der Waals surface area contributed by atoms with Crippen molar-refractivity contribution in [3.63, 3.8) is 0 Å². The lowest BCUT2D eigenvalue weighted by atomic mass is 10.1. The Bertz CT molecular complexity index is 614. The van der Waals surface area contributed by atoms with E-state index >= 15 is 0 Å². The molecule has 0 aliphatic heterocycles. The zero-order valence-electron chi connectivity index (χ0n) is 9.89. The number of carbonyl (C=O) groups is 1. The molecule has 2 atom stereocenters. The van der Waals surface area contributed by atoms with E-state index < -0.39 is 0 Å². The van der Waals surface area contributed by atoms with Gasteiger partial charge in [-0.15, -0.1) is 0 Å². The van der Waals surface area contributed by atoms with E-state index in [2.05, 4.69) is 10.3 Å². The van der Waals surface area contributed by atoms with Crippen LogP contribution in [0.4, 0.5) is 5.69 Å². The van der Waals surface area contributed by atoms with Crippen LogP contribution in [0.1, 0.15) is 6.42 Å². The summed E-state index contributed by atoms with van der Waals surface area (Å²) in [6, 6.07) is 7.81. The van der Waals surface area contributed by atoms with Crippen LogP contribution in [0.5, 0.6) is 0 Å². The standard InChI is InChI=1S/C14H15N3O/c15-11-2-1-10(7-11)14(18)17-12-3-4-13-9(8-12)5-6-16-13/h1-6,8,10-11,16H,7,15H2,(H,17,18). The third kappa shape index (κ3) is 2.02. The summed E-state index contributed by atoms with van der Waals surface area (Å²) in [5, 5.41) is 4.02. The summed E-state index contributed by atoms with van der Waals surface area (Å²) >= 11 is 0. The molecule has 1 aromatic heterocycles. The Morgan fingerprint density at radius 3 is 3.00 bits per heavy atom. The van der Waals surface area contributed by atoms with Crippen LogP contribution in [0, 0.1) is 5.92 Å². The number of anilines is 1. The predicted molar refractivity (Wildman–Crippen MR) is 72.2 cm³/mol. The van der Waals surface area contributed by atoms with Crippen molar-refractivity contribution < 1.29 is 4.79 Å². The summed E-state index contributed by atoms with van der Waals surface area (Å²) in [6.45, 7) is 0. The molecule has 1 heterocycles. The highest BCUT2D eigenvalue weighted by Gasteiger charge is 2.22. The highest BCUT2D eigenvalue weighted by molar-refractivity contribution is 5.96. The Morgan fingerprint density at radius 2 is 2.22 bits per heavy atom. The molecule has 1 amide bonds. The zero-order chi connectivity index (χ0) is 12.5. The van der Waals surface area contributed by atoms with Crippen LogP contribution in [0.15, 0.2) is 42.6 Å². The largest absolute Gasteiger partial charge is 0.361 e. The Hall–Kier alpha value is -2.07. The van der Waals surface area contributed by atoms with E-state index in [-0.39, 0.29) is 17.9 Å². The van der Waals surface area contributed by atoms with Crippen LogP contribution in [-0.4, -0.2) is 16.9 Å². The van der Waals surface area contributed by atoms with E-state index in [1.165, 1.54) is 0 Å². The molecule has 1 aliphatic rings. The number of H-pyrrole nitrogens is 1. The SMILES string of the molecule is NC1C=CC(C(=O)Nc2ccc3[nH]ccc3c2)C1. The smallest absolute Gasteiger partial charge is 0.231 e. The second kappa shape index (κ2) is 4.31. The molecule has 3 rings (SSSR count). The minimum absolute atomic E-state index is 0.00732. The van der Waals surface area contributed by atoms with Crippen molar-refractivity contribution in [3.05, 3.63) is 42.6 Å². The van der Waals surface area contributed by atoms with Crippen LogP contribution >= 0.6 is 0 Å². The van der Waals surface area contributed by atoms with Crippen molar-refractivity contribution in [2.45, 2.75) is 12.5 Å². The maximum absolute atomic E-state index is 12.0. The Morgan fingerprint density at radius 1 is 1.33 bits per heavy atom. The molecular weight excluding hydrogens is 226 g/mol. The lowest BCUT2D eigenvalue weighted by Crippen LogP contribution is -2.23. The average Bonchev–Trinajstić information content (AvgIpc) is 2.96. The summed E-state index contributed by atoms with van der Waals surface area (Å²) in [7, 11) is 0. The van der Waals surface area contributed by atoms with E-state index in [0.717, 1.165) is 16.6 Å². The molecule has 0 saturated heterocycles. The maximum atomic E-state index is 12.0. The fraction of sp³-hybridized carbons (Fsp3) is 0.214. The summed E-state index contributed by atoms with van der Waals surface area (Å²) < 4.78 is 0. The third-order valence-corrected chi connectivity index (χ3v) is 3.27. The molecule has 1 aliphatic carbocycles. The fourth-order valence-electron chi connectivity index (χ4n) is 2.29. The lowest BCUT2D eigenvalue weighted by molar-refractivity contribution is -0.118. The molecule has 2 unspecified atom stereocenters. The number of hydrogen-bond acceptors (Lipinski definition) is 2. The van der Waals surface area contributed by atoms with Gasteiger partial charge in [0.15, 0.2) is 0 Å². The number of benzene rings is 1. The van der Waals surface area contributed by atoms with Gasteiger partial charge in [-0.2, -0.15) is 0 Å². The normalized spacial score (nSPS) is 22.5. The molecule has 4 nitrogen and oxygen atoms in total. The number of carbonyl (C=O) groups excluding carboxylic acids is 1. The van der Waals surface area contributed by atoms with Gasteiger partial charge in [0, 0.05) is 28.8 Å². The summed E-state index contributed by atoms with van der Waals surface area (Å²) in [4.78, 5) is 15.1. The number of aromatic amines is 1. The van der Waals surface area contributed by atoms with Crippen LogP contribution in [0.2, 0.25) is 0 Å². The van der Waals surface area contributed by atoms with Crippen molar-refractivity contribution in [1.29, 1.82) is 0 Å². The van der Waals surface area contributed by atoms with Gasteiger partial charge in [-0.25, -0.2) is 0 Å². The molecule has 0 bridgehead atoms. The van der Waals surface area contributed by atoms with Crippen LogP contribution in [0.25, 0.3) is 10.9 Å². The highest BCUT2D eigenvalue weighted by atomic mass is 16.1. The van der Waals surface area contributed by atoms with Gasteiger partial charge < -0.3 is 16.0 Å². The van der Waals surface area contributed by atoms with E-state index in [9.17, 15) is 4.79 Å². The number of nitrogens with two attached hydrogens (primary N) is 1. The van der Waals surface area contributed by atoms with Gasteiger partial charge in [0.2, 0.25) is 5.91 Å². The topological polar surface area (TPSA) is 70.9 Å². The molecule has 4 heteroatoms. The van der Waals surface area contributed by atoms with E-state index in [4.69, 9.17) is 5.73 Å². The second-order valence-corrected chi connectivity index (χ2v) is 4.66. The Kier molecular flexibility index (Phi) is 2.64. The van der Waals surface area contributed by atoms with E-state index in [1.54, 1.807) is 0 Å². The Balaban J connectivity index is 1.75. The second-order valence-electron chi connectivity index (χ2n) is 4.66. The van der Waals surface area contributed by atoms with Crippen molar-refractivity contribution in [3.8, 4) is 0 Å². The minimum atomic E-state index is -0.109. The predicted octanol–water partition coefficient (Wildman–Crippen LogP) is 2.01. The van der Waals surface area contributed by atoms with Crippen molar-refractivity contribution in [2.24, 2.45) is 11.7 Å². The average molecular weight is 241 g/mol. The molecule has 0 radical (unpaired) electrons. The van der Waals surface area contributed by atoms with Crippen molar-refractivity contribution in [2.75, 3.05) is 5.32 Å². The number of fused-ring (bicyclic) bond motifs is 1. The first-order chi connectivity index (χ1) is 8.72. The van der Waals surface area contributed by atoms with Crippen LogP contribution < -0.4 is 11.1 Å². The fourth-order valence-corrected chi connectivity index (χ4v) is 2.29. The first-order valence-electron chi connectivity index (χ1n) is 6.04. The van der Waals surface area contributed by atoms with Gasteiger partial charge in [-0.1, -0.05) is 12.2 Å².